The molecule has 0 amide bonds. The van der Waals surface area contributed by atoms with Gasteiger partial charge in [0.25, 0.3) is 0 Å². The SMILES string of the molecule is COc1cn(Cc2ccccc2C(F)(F)F)c(Nc2cccc(Cl)c2C)nc1=O. The molecule has 0 bridgehead atoms. The maximum atomic E-state index is 13.4. The van der Waals surface area contributed by atoms with E-state index >= 15 is 0 Å². The van der Waals surface area contributed by atoms with Gasteiger partial charge in [-0.1, -0.05) is 35.9 Å². The molecule has 0 aliphatic rings. The average molecular weight is 424 g/mol. The Labute approximate surface area is 169 Å². The second kappa shape index (κ2) is 8.16. The molecule has 1 N–H and O–H groups in total. The molecule has 0 unspecified atom stereocenters. The third-order valence-corrected chi connectivity index (χ3v) is 4.77. The molecule has 0 spiro atoms. The summed E-state index contributed by atoms with van der Waals surface area (Å²) in [6.45, 7) is 1.59. The van der Waals surface area contributed by atoms with Crippen LogP contribution < -0.4 is 15.6 Å². The van der Waals surface area contributed by atoms with Crippen molar-refractivity contribution in [3.8, 4) is 5.75 Å². The minimum absolute atomic E-state index is 0.0263. The van der Waals surface area contributed by atoms with E-state index in [9.17, 15) is 18.0 Å². The van der Waals surface area contributed by atoms with Gasteiger partial charge in [0.05, 0.1) is 25.4 Å². The minimum atomic E-state index is -4.51. The molecule has 0 fully saturated rings. The quantitative estimate of drug-likeness (QED) is 0.625. The third-order valence-electron chi connectivity index (χ3n) is 4.36. The molecule has 0 atom stereocenters. The van der Waals surface area contributed by atoms with Gasteiger partial charge in [-0.25, -0.2) is 0 Å². The van der Waals surface area contributed by atoms with Crippen molar-refractivity contribution in [2.24, 2.45) is 0 Å². The van der Waals surface area contributed by atoms with Gasteiger partial charge in [0.1, 0.15) is 0 Å². The van der Waals surface area contributed by atoms with Gasteiger partial charge in [-0.05, 0) is 36.2 Å². The molecule has 1 aromatic heterocycles. The predicted molar refractivity (Wildman–Crippen MR) is 105 cm³/mol. The lowest BCUT2D eigenvalue weighted by Crippen LogP contribution is -2.20. The highest BCUT2D eigenvalue weighted by Crippen LogP contribution is 2.33. The Morgan fingerprint density at radius 2 is 1.90 bits per heavy atom. The molecule has 0 saturated heterocycles. The summed E-state index contributed by atoms with van der Waals surface area (Å²) in [5.41, 5.74) is -0.0927. The second-order valence-corrected chi connectivity index (χ2v) is 6.67. The number of aromatic nitrogens is 2. The maximum Gasteiger partial charge on any atom is 0.416 e. The van der Waals surface area contributed by atoms with E-state index in [0.717, 1.165) is 6.07 Å². The summed E-state index contributed by atoms with van der Waals surface area (Å²) in [6, 6.07) is 10.4. The zero-order valence-electron chi connectivity index (χ0n) is 15.5. The first kappa shape index (κ1) is 20.7. The molecule has 0 aliphatic carbocycles. The summed E-state index contributed by atoms with van der Waals surface area (Å²) in [6.07, 6.45) is -3.19. The Hall–Kier alpha value is -3.00. The normalized spacial score (nSPS) is 11.4. The highest BCUT2D eigenvalue weighted by molar-refractivity contribution is 6.31. The van der Waals surface area contributed by atoms with Crippen LogP contribution in [0.25, 0.3) is 0 Å². The van der Waals surface area contributed by atoms with E-state index < -0.39 is 17.3 Å². The van der Waals surface area contributed by atoms with E-state index in [4.69, 9.17) is 16.3 Å². The Kier molecular flexibility index (Phi) is 5.83. The van der Waals surface area contributed by atoms with E-state index in [1.807, 2.05) is 0 Å². The van der Waals surface area contributed by atoms with Crippen LogP contribution in [0.15, 0.2) is 53.5 Å². The predicted octanol–water partition coefficient (Wildman–Crippen LogP) is 5.02. The van der Waals surface area contributed by atoms with Gasteiger partial charge in [-0.2, -0.15) is 18.2 Å². The monoisotopic (exact) mass is 423 g/mol. The summed E-state index contributed by atoms with van der Waals surface area (Å²) in [5.74, 6) is -0.0130. The first-order valence-electron chi connectivity index (χ1n) is 8.53. The maximum absolute atomic E-state index is 13.4. The van der Waals surface area contributed by atoms with E-state index in [1.165, 1.54) is 36.1 Å². The van der Waals surface area contributed by atoms with Crippen LogP contribution in [-0.4, -0.2) is 16.7 Å². The van der Waals surface area contributed by atoms with Gasteiger partial charge >= 0.3 is 11.7 Å². The standard InChI is InChI=1S/C20H17ClF3N3O2/c1-12-15(21)8-5-9-16(12)25-19-26-18(28)17(29-2)11-27(19)10-13-6-3-4-7-14(13)20(22,23)24/h3-9,11H,10H2,1-2H3,(H,25,26,28). The number of alkyl halides is 3. The Morgan fingerprint density at radius 1 is 1.17 bits per heavy atom. The molecule has 1 heterocycles. The van der Waals surface area contributed by atoms with E-state index in [-0.39, 0.29) is 23.8 Å². The van der Waals surface area contributed by atoms with Gasteiger partial charge in [0.2, 0.25) is 11.7 Å². The summed E-state index contributed by atoms with van der Waals surface area (Å²) >= 11 is 6.13. The molecule has 3 rings (SSSR count). The van der Waals surface area contributed by atoms with Crippen molar-refractivity contribution in [3.63, 3.8) is 0 Å². The van der Waals surface area contributed by atoms with Crippen LogP contribution in [0.4, 0.5) is 24.8 Å². The number of anilines is 2. The number of ether oxygens (including phenoxy) is 1. The van der Waals surface area contributed by atoms with Crippen molar-refractivity contribution < 1.29 is 17.9 Å². The van der Waals surface area contributed by atoms with Crippen LogP contribution >= 0.6 is 11.6 Å². The van der Waals surface area contributed by atoms with Crippen LogP contribution in [0.3, 0.4) is 0 Å². The number of methoxy groups -OCH3 is 1. The van der Waals surface area contributed by atoms with Gasteiger partial charge in [0, 0.05) is 10.7 Å². The Bertz CT molecular complexity index is 1100. The van der Waals surface area contributed by atoms with Crippen molar-refractivity contribution in [3.05, 3.63) is 80.7 Å². The first-order chi connectivity index (χ1) is 13.7. The zero-order valence-corrected chi connectivity index (χ0v) is 16.3. The zero-order chi connectivity index (χ0) is 21.2. The van der Waals surface area contributed by atoms with Gasteiger partial charge in [-0.3, -0.25) is 4.79 Å². The molecule has 2 aromatic carbocycles. The number of rotatable bonds is 5. The minimum Gasteiger partial charge on any atom is -0.490 e. The summed E-state index contributed by atoms with van der Waals surface area (Å²) in [5, 5.41) is 3.48. The van der Waals surface area contributed by atoms with E-state index in [2.05, 4.69) is 10.3 Å². The number of nitrogens with one attached hydrogen (secondary N) is 1. The molecule has 29 heavy (non-hydrogen) atoms. The Morgan fingerprint density at radius 3 is 2.59 bits per heavy atom. The van der Waals surface area contributed by atoms with E-state index in [1.54, 1.807) is 25.1 Å². The second-order valence-electron chi connectivity index (χ2n) is 6.26. The summed E-state index contributed by atoms with van der Waals surface area (Å²) in [7, 11) is 1.29. The van der Waals surface area contributed by atoms with Crippen molar-refractivity contribution in [2.75, 3.05) is 12.4 Å². The van der Waals surface area contributed by atoms with Crippen molar-refractivity contribution in [2.45, 2.75) is 19.6 Å². The molecule has 0 saturated carbocycles. The summed E-state index contributed by atoms with van der Waals surface area (Å²) in [4.78, 5) is 16.1. The highest BCUT2D eigenvalue weighted by atomic mass is 35.5. The fourth-order valence-corrected chi connectivity index (χ4v) is 2.99. The van der Waals surface area contributed by atoms with Crippen LogP contribution in [0.2, 0.25) is 5.02 Å². The van der Waals surface area contributed by atoms with Crippen LogP contribution in [-0.2, 0) is 12.7 Å². The van der Waals surface area contributed by atoms with Crippen LogP contribution in [0, 0.1) is 6.92 Å². The lowest BCUT2D eigenvalue weighted by Gasteiger charge is -2.18. The van der Waals surface area contributed by atoms with Crippen molar-refractivity contribution in [1.82, 2.24) is 9.55 Å². The first-order valence-corrected chi connectivity index (χ1v) is 8.91. The molecular formula is C20H17ClF3N3O2. The molecule has 152 valence electrons. The smallest absolute Gasteiger partial charge is 0.416 e. The molecule has 0 aliphatic heterocycles. The van der Waals surface area contributed by atoms with Gasteiger partial charge < -0.3 is 14.6 Å². The van der Waals surface area contributed by atoms with Crippen LogP contribution in [0.1, 0.15) is 16.7 Å². The molecule has 3 aromatic rings. The van der Waals surface area contributed by atoms with Gasteiger partial charge in [-0.15, -0.1) is 0 Å². The topological polar surface area (TPSA) is 56.1 Å². The van der Waals surface area contributed by atoms with Crippen molar-refractivity contribution in [1.29, 1.82) is 0 Å². The number of hydrogen-bond acceptors (Lipinski definition) is 4. The molecule has 9 heteroatoms. The van der Waals surface area contributed by atoms with Crippen LogP contribution in [0.5, 0.6) is 5.75 Å². The largest absolute Gasteiger partial charge is 0.490 e. The molecule has 0 radical (unpaired) electrons. The highest BCUT2D eigenvalue weighted by Gasteiger charge is 2.33. The fraction of sp³-hybridized carbons (Fsp3) is 0.200. The fourth-order valence-electron chi connectivity index (χ4n) is 2.82. The molecular weight excluding hydrogens is 407 g/mol. The van der Waals surface area contributed by atoms with Crippen molar-refractivity contribution >= 4 is 23.2 Å². The molecule has 5 nitrogen and oxygen atoms in total. The van der Waals surface area contributed by atoms with Gasteiger partial charge in [0.15, 0.2) is 0 Å². The number of hydrogen-bond donors (Lipinski definition) is 1. The number of nitrogens with zero attached hydrogens (tertiary/aromatic N) is 2. The lowest BCUT2D eigenvalue weighted by atomic mass is 10.1. The summed E-state index contributed by atoms with van der Waals surface area (Å²) < 4.78 is 46.5. The Balaban J connectivity index is 2.09. The average Bonchev–Trinajstić information content (AvgIpc) is 2.67. The third kappa shape index (κ3) is 4.54. The lowest BCUT2D eigenvalue weighted by molar-refractivity contribution is -0.138. The van der Waals surface area contributed by atoms with E-state index in [0.29, 0.717) is 16.3 Å². The number of benzene rings is 2. The number of halogens is 4.